The van der Waals surface area contributed by atoms with Crippen LogP contribution in [0.2, 0.25) is 0 Å². The second-order valence-corrected chi connectivity index (χ2v) is 9.34. The maximum absolute atomic E-state index is 5.23. The Morgan fingerprint density at radius 1 is 0.800 bits per heavy atom. The van der Waals surface area contributed by atoms with Gasteiger partial charge in [-0.1, -0.05) is 69.4 Å². The second kappa shape index (κ2) is 5.20. The minimum Gasteiger partial charge on any atom is -0.322 e. The summed E-state index contributed by atoms with van der Waals surface area (Å²) in [5, 5.41) is 2.49. The zero-order valence-electron chi connectivity index (χ0n) is 16.2. The third-order valence-electron chi connectivity index (χ3n) is 5.28. The van der Waals surface area contributed by atoms with Crippen molar-refractivity contribution < 1.29 is 0 Å². The average Bonchev–Trinajstić information content (AvgIpc) is 2.96. The van der Waals surface area contributed by atoms with Gasteiger partial charge in [0.25, 0.3) is 0 Å². The van der Waals surface area contributed by atoms with Crippen molar-refractivity contribution in [3.63, 3.8) is 0 Å². The standard InChI is InChI=1S/C23H28N2/c1-22(2,3)21-24-19-17-13-9-7-11-15(17)16-12-8-10-14-18(16)20(19)25(21)23(4,5)6/h7-16H,1-6H3. The van der Waals surface area contributed by atoms with Gasteiger partial charge in [-0.3, -0.25) is 0 Å². The number of rotatable bonds is 0. The lowest BCUT2D eigenvalue weighted by Crippen LogP contribution is -2.46. The molecule has 0 bridgehead atoms. The molecule has 0 aromatic carbocycles. The first-order valence-corrected chi connectivity index (χ1v) is 9.27. The van der Waals surface area contributed by atoms with Gasteiger partial charge in [0.05, 0.1) is 10.7 Å². The molecule has 2 nitrogen and oxygen atoms in total. The highest BCUT2D eigenvalue weighted by atomic mass is 15.1. The van der Waals surface area contributed by atoms with Crippen LogP contribution in [0.25, 0.3) is 11.1 Å². The Bertz CT molecular complexity index is 963. The Balaban J connectivity index is 2.23. The maximum Gasteiger partial charge on any atom is 0.115 e. The van der Waals surface area contributed by atoms with Gasteiger partial charge < -0.3 is 4.57 Å². The highest BCUT2D eigenvalue weighted by molar-refractivity contribution is 5.75. The molecule has 0 amide bonds. The molecule has 2 heteroatoms. The number of hydrogen-bond donors (Lipinski definition) is 0. The Morgan fingerprint density at radius 3 is 1.92 bits per heavy atom. The van der Waals surface area contributed by atoms with Gasteiger partial charge in [-0.25, -0.2) is 4.98 Å². The summed E-state index contributed by atoms with van der Waals surface area (Å²) < 4.78 is 2.49. The summed E-state index contributed by atoms with van der Waals surface area (Å²) in [6.45, 7) is 13.7. The van der Waals surface area contributed by atoms with Gasteiger partial charge in [0.2, 0.25) is 0 Å². The summed E-state index contributed by atoms with van der Waals surface area (Å²) in [5.74, 6) is 1.97. The van der Waals surface area contributed by atoms with Crippen molar-refractivity contribution >= 4 is 11.1 Å². The van der Waals surface area contributed by atoms with E-state index in [1.54, 1.807) is 0 Å². The van der Waals surface area contributed by atoms with Crippen molar-refractivity contribution in [1.29, 1.82) is 0 Å². The van der Waals surface area contributed by atoms with Crippen LogP contribution in [0.3, 0.4) is 0 Å². The summed E-state index contributed by atoms with van der Waals surface area (Å²) in [6.07, 6.45) is 17.9. The fourth-order valence-corrected chi connectivity index (χ4v) is 4.26. The fraction of sp³-hybridized carbons (Fsp3) is 0.435. The first-order chi connectivity index (χ1) is 11.7. The van der Waals surface area contributed by atoms with E-state index in [1.165, 1.54) is 27.7 Å². The Kier molecular flexibility index (Phi) is 3.41. The molecule has 0 fully saturated rings. The maximum atomic E-state index is 5.23. The molecular formula is C23H28N2. The number of fused-ring (bicyclic) bond motifs is 4. The fourth-order valence-electron chi connectivity index (χ4n) is 4.26. The summed E-state index contributed by atoms with van der Waals surface area (Å²) in [4.78, 5) is 5.23. The highest BCUT2D eigenvalue weighted by Gasteiger charge is 2.35. The van der Waals surface area contributed by atoms with Crippen molar-refractivity contribution in [2.45, 2.75) is 52.5 Å². The molecular weight excluding hydrogens is 304 g/mol. The van der Waals surface area contributed by atoms with Crippen molar-refractivity contribution in [2.75, 3.05) is 0 Å². The summed E-state index contributed by atoms with van der Waals surface area (Å²) in [6, 6.07) is 0. The molecule has 25 heavy (non-hydrogen) atoms. The highest BCUT2D eigenvalue weighted by Crippen LogP contribution is 2.37. The van der Waals surface area contributed by atoms with Crippen LogP contribution in [-0.2, 0) is 11.0 Å². The molecule has 0 aliphatic heterocycles. The Morgan fingerprint density at radius 2 is 1.36 bits per heavy atom. The van der Waals surface area contributed by atoms with Crippen molar-refractivity contribution in [3.05, 3.63) is 65.1 Å². The first-order valence-electron chi connectivity index (χ1n) is 9.27. The first kappa shape index (κ1) is 16.4. The summed E-state index contributed by atoms with van der Waals surface area (Å²) in [5.41, 5.74) is 2.75. The smallest absolute Gasteiger partial charge is 0.115 e. The predicted octanol–water partition coefficient (Wildman–Crippen LogP) is 3.74. The van der Waals surface area contributed by atoms with E-state index in [-0.39, 0.29) is 11.0 Å². The Labute approximate surface area is 150 Å². The van der Waals surface area contributed by atoms with Crippen molar-refractivity contribution in [1.82, 2.24) is 9.55 Å². The van der Waals surface area contributed by atoms with Gasteiger partial charge >= 0.3 is 0 Å². The van der Waals surface area contributed by atoms with Gasteiger partial charge in [0.15, 0.2) is 0 Å². The van der Waals surface area contributed by atoms with Crippen LogP contribution in [0.1, 0.15) is 47.4 Å². The molecule has 4 rings (SSSR count). The molecule has 1 heterocycles. The number of hydrogen-bond acceptors (Lipinski definition) is 1. The van der Waals surface area contributed by atoms with Gasteiger partial charge in [-0.05, 0) is 31.9 Å². The van der Waals surface area contributed by atoms with Crippen LogP contribution in [0.15, 0.2) is 48.6 Å². The topological polar surface area (TPSA) is 17.8 Å². The van der Waals surface area contributed by atoms with Crippen LogP contribution < -0.4 is 10.7 Å². The van der Waals surface area contributed by atoms with E-state index in [4.69, 9.17) is 4.98 Å². The molecule has 2 atom stereocenters. The minimum atomic E-state index is -0.0165. The van der Waals surface area contributed by atoms with E-state index < -0.39 is 0 Å². The molecule has 0 radical (unpaired) electrons. The van der Waals surface area contributed by atoms with E-state index in [2.05, 4.69) is 94.7 Å². The third kappa shape index (κ3) is 2.42. The van der Waals surface area contributed by atoms with E-state index in [9.17, 15) is 0 Å². The SMILES string of the molecule is CC(C)(C)c1nc2c(n1C(C)(C)C)=C1C=CC=CC1C1C=CC=CC=21. The summed E-state index contributed by atoms with van der Waals surface area (Å²) >= 11 is 0. The van der Waals surface area contributed by atoms with Crippen LogP contribution in [0.4, 0.5) is 0 Å². The second-order valence-electron chi connectivity index (χ2n) is 9.34. The zero-order valence-corrected chi connectivity index (χ0v) is 16.2. The van der Waals surface area contributed by atoms with Crippen molar-refractivity contribution in [2.24, 2.45) is 11.8 Å². The van der Waals surface area contributed by atoms with Crippen LogP contribution in [0, 0.1) is 11.8 Å². The number of allylic oxidation sites excluding steroid dienone is 8. The molecule has 0 N–H and O–H groups in total. The third-order valence-corrected chi connectivity index (χ3v) is 5.28. The van der Waals surface area contributed by atoms with Crippen LogP contribution in [-0.4, -0.2) is 9.55 Å². The number of aromatic nitrogens is 2. The Hall–Kier alpha value is -2.09. The number of nitrogens with zero attached hydrogens (tertiary/aromatic N) is 2. The normalized spacial score (nSPS) is 24.4. The molecule has 130 valence electrons. The van der Waals surface area contributed by atoms with Gasteiger partial charge in [0.1, 0.15) is 5.82 Å². The lowest BCUT2D eigenvalue weighted by atomic mass is 9.74. The molecule has 3 aliphatic carbocycles. The molecule has 3 aliphatic rings. The lowest BCUT2D eigenvalue weighted by molar-refractivity contribution is 0.345. The lowest BCUT2D eigenvalue weighted by Gasteiger charge is -2.33. The monoisotopic (exact) mass is 332 g/mol. The van der Waals surface area contributed by atoms with E-state index in [0.717, 1.165) is 0 Å². The van der Waals surface area contributed by atoms with Gasteiger partial charge in [-0.2, -0.15) is 0 Å². The molecule has 0 saturated heterocycles. The van der Waals surface area contributed by atoms with E-state index in [1.807, 2.05) is 0 Å². The zero-order chi connectivity index (χ0) is 18.0. The van der Waals surface area contributed by atoms with Gasteiger partial charge in [-0.15, -0.1) is 0 Å². The summed E-state index contributed by atoms with van der Waals surface area (Å²) in [7, 11) is 0. The largest absolute Gasteiger partial charge is 0.322 e. The van der Waals surface area contributed by atoms with E-state index in [0.29, 0.717) is 11.8 Å². The van der Waals surface area contributed by atoms with E-state index >= 15 is 0 Å². The van der Waals surface area contributed by atoms with Crippen molar-refractivity contribution in [3.8, 4) is 0 Å². The molecule has 1 aromatic heterocycles. The van der Waals surface area contributed by atoms with Crippen LogP contribution >= 0.6 is 0 Å². The van der Waals surface area contributed by atoms with Crippen LogP contribution in [0.5, 0.6) is 0 Å². The molecule has 0 spiro atoms. The number of imidazole rings is 1. The molecule has 1 aromatic rings. The predicted molar refractivity (Wildman–Crippen MR) is 106 cm³/mol. The quantitative estimate of drug-likeness (QED) is 0.708. The van der Waals surface area contributed by atoms with Gasteiger partial charge in [0, 0.05) is 22.8 Å². The average molecular weight is 332 g/mol. The minimum absolute atomic E-state index is 0.000819. The molecule has 0 saturated carbocycles. The molecule has 2 unspecified atom stereocenters.